The first-order valence-corrected chi connectivity index (χ1v) is 7.91. The monoisotopic (exact) mass is 339 g/mol. The van der Waals surface area contributed by atoms with Gasteiger partial charge in [-0.25, -0.2) is 0 Å². The number of carbonyl (C=O) groups is 1. The van der Waals surface area contributed by atoms with Crippen molar-refractivity contribution < 1.29 is 9.21 Å². The van der Waals surface area contributed by atoms with Gasteiger partial charge in [-0.3, -0.25) is 4.79 Å². The van der Waals surface area contributed by atoms with Gasteiger partial charge in [-0.1, -0.05) is 0 Å². The standard InChI is InChI=1S/C14H14BrNO2S/c1-9-2-5-12(18-9)7-16(11-3-4-11)14(17)10-6-13(15)19-8-10/h2,5-6,8,11H,3-4,7H2,1H3. The number of nitrogens with zero attached hydrogens (tertiary/aromatic N) is 1. The molecule has 0 N–H and O–H groups in total. The Morgan fingerprint density at radius 1 is 1.53 bits per heavy atom. The maximum Gasteiger partial charge on any atom is 0.255 e. The highest BCUT2D eigenvalue weighted by molar-refractivity contribution is 9.11. The summed E-state index contributed by atoms with van der Waals surface area (Å²) in [4.78, 5) is 14.4. The fraction of sp³-hybridized carbons (Fsp3) is 0.357. The summed E-state index contributed by atoms with van der Waals surface area (Å²) in [7, 11) is 0. The summed E-state index contributed by atoms with van der Waals surface area (Å²) in [5.41, 5.74) is 0.757. The van der Waals surface area contributed by atoms with Crippen molar-refractivity contribution >= 4 is 33.2 Å². The number of amides is 1. The molecule has 1 amide bonds. The van der Waals surface area contributed by atoms with E-state index in [0.717, 1.165) is 33.7 Å². The summed E-state index contributed by atoms with van der Waals surface area (Å²) in [6.45, 7) is 2.48. The predicted molar refractivity (Wildman–Crippen MR) is 78.4 cm³/mol. The van der Waals surface area contributed by atoms with Crippen LogP contribution < -0.4 is 0 Å². The molecule has 3 rings (SSSR count). The van der Waals surface area contributed by atoms with Crippen molar-refractivity contribution in [1.82, 2.24) is 4.90 Å². The third kappa shape index (κ3) is 2.92. The number of rotatable bonds is 4. The molecular formula is C14H14BrNO2S. The third-order valence-electron chi connectivity index (χ3n) is 3.19. The van der Waals surface area contributed by atoms with Crippen LogP contribution in [0.5, 0.6) is 0 Å². The van der Waals surface area contributed by atoms with Crippen molar-refractivity contribution in [3.63, 3.8) is 0 Å². The molecule has 0 aromatic carbocycles. The van der Waals surface area contributed by atoms with Gasteiger partial charge in [0.05, 0.1) is 15.9 Å². The van der Waals surface area contributed by atoms with Crippen molar-refractivity contribution in [2.24, 2.45) is 0 Å². The minimum atomic E-state index is 0.0958. The van der Waals surface area contributed by atoms with Crippen LogP contribution in [0.1, 0.15) is 34.7 Å². The molecule has 19 heavy (non-hydrogen) atoms. The zero-order valence-corrected chi connectivity index (χ0v) is 13.0. The summed E-state index contributed by atoms with van der Waals surface area (Å²) < 4.78 is 6.57. The fourth-order valence-corrected chi connectivity index (χ4v) is 3.21. The van der Waals surface area contributed by atoms with Crippen LogP contribution in [0, 0.1) is 6.92 Å². The van der Waals surface area contributed by atoms with E-state index in [1.165, 1.54) is 11.3 Å². The van der Waals surface area contributed by atoms with Crippen LogP contribution in [0.4, 0.5) is 0 Å². The van der Waals surface area contributed by atoms with Crippen molar-refractivity contribution in [2.45, 2.75) is 32.4 Å². The number of thiophene rings is 1. The third-order valence-corrected chi connectivity index (χ3v) is 4.69. The lowest BCUT2D eigenvalue weighted by Crippen LogP contribution is -2.32. The van der Waals surface area contributed by atoms with E-state index in [2.05, 4.69) is 15.9 Å². The van der Waals surface area contributed by atoms with Gasteiger partial charge in [0.15, 0.2) is 0 Å². The van der Waals surface area contributed by atoms with E-state index in [0.29, 0.717) is 12.6 Å². The van der Waals surface area contributed by atoms with Crippen LogP contribution in [0.15, 0.2) is 31.8 Å². The smallest absolute Gasteiger partial charge is 0.255 e. The van der Waals surface area contributed by atoms with Crippen LogP contribution in [0.25, 0.3) is 0 Å². The molecule has 3 nitrogen and oxygen atoms in total. The Labute approximate surface area is 124 Å². The highest BCUT2D eigenvalue weighted by Crippen LogP contribution is 2.31. The fourth-order valence-electron chi connectivity index (χ4n) is 2.08. The number of furan rings is 1. The summed E-state index contributed by atoms with van der Waals surface area (Å²) in [6, 6.07) is 6.14. The predicted octanol–water partition coefficient (Wildman–Crippen LogP) is 4.22. The molecule has 0 bridgehead atoms. The number of hydrogen-bond acceptors (Lipinski definition) is 3. The SMILES string of the molecule is Cc1ccc(CN(C(=O)c2csc(Br)c2)C2CC2)o1. The Morgan fingerprint density at radius 2 is 2.32 bits per heavy atom. The van der Waals surface area contributed by atoms with E-state index in [1.54, 1.807) is 0 Å². The lowest BCUT2D eigenvalue weighted by atomic mass is 10.2. The van der Waals surface area contributed by atoms with Gasteiger partial charge >= 0.3 is 0 Å². The highest BCUT2D eigenvalue weighted by Gasteiger charge is 2.33. The second-order valence-corrected chi connectivity index (χ2v) is 7.11. The number of hydrogen-bond donors (Lipinski definition) is 0. The molecule has 100 valence electrons. The summed E-state index contributed by atoms with van der Waals surface area (Å²) >= 11 is 4.94. The van der Waals surface area contributed by atoms with Gasteiger partial charge < -0.3 is 9.32 Å². The minimum Gasteiger partial charge on any atom is -0.464 e. The second-order valence-electron chi connectivity index (χ2n) is 4.82. The van der Waals surface area contributed by atoms with Gasteiger partial charge in [-0.15, -0.1) is 11.3 Å². The molecule has 5 heteroatoms. The maximum atomic E-state index is 12.5. The van der Waals surface area contributed by atoms with E-state index in [1.807, 2.05) is 35.4 Å². The molecular weight excluding hydrogens is 326 g/mol. The number of aryl methyl sites for hydroxylation is 1. The van der Waals surface area contributed by atoms with E-state index in [-0.39, 0.29) is 5.91 Å². The molecule has 1 aliphatic carbocycles. The first-order chi connectivity index (χ1) is 9.13. The molecule has 0 radical (unpaired) electrons. The quantitative estimate of drug-likeness (QED) is 0.835. The van der Waals surface area contributed by atoms with Crippen LogP contribution in [0.3, 0.4) is 0 Å². The van der Waals surface area contributed by atoms with Crippen LogP contribution in [0.2, 0.25) is 0 Å². The van der Waals surface area contributed by atoms with Crippen LogP contribution >= 0.6 is 27.3 Å². The van der Waals surface area contributed by atoms with Crippen molar-refractivity contribution in [3.05, 3.63) is 44.4 Å². The van der Waals surface area contributed by atoms with Gasteiger partial charge in [-0.2, -0.15) is 0 Å². The van der Waals surface area contributed by atoms with Gasteiger partial charge in [0.2, 0.25) is 0 Å². The van der Waals surface area contributed by atoms with Crippen molar-refractivity contribution in [3.8, 4) is 0 Å². The van der Waals surface area contributed by atoms with Crippen LogP contribution in [-0.2, 0) is 6.54 Å². The first kappa shape index (κ1) is 12.9. The van der Waals surface area contributed by atoms with E-state index in [4.69, 9.17) is 4.42 Å². The number of halogens is 1. The molecule has 1 saturated carbocycles. The Hall–Kier alpha value is -1.07. The molecule has 0 aliphatic heterocycles. The second kappa shape index (κ2) is 5.13. The molecule has 1 fully saturated rings. The van der Waals surface area contributed by atoms with Crippen molar-refractivity contribution in [1.29, 1.82) is 0 Å². The molecule has 2 aromatic heterocycles. The molecule has 2 aromatic rings. The Bertz CT molecular complexity index is 600. The summed E-state index contributed by atoms with van der Waals surface area (Å²) in [6.07, 6.45) is 2.19. The Kier molecular flexibility index (Phi) is 3.50. The molecule has 0 spiro atoms. The van der Waals surface area contributed by atoms with Crippen molar-refractivity contribution in [2.75, 3.05) is 0 Å². The van der Waals surface area contributed by atoms with Gasteiger partial charge in [-0.05, 0) is 53.9 Å². The Morgan fingerprint density at radius 3 is 2.84 bits per heavy atom. The highest BCUT2D eigenvalue weighted by atomic mass is 79.9. The molecule has 0 unspecified atom stereocenters. The largest absolute Gasteiger partial charge is 0.464 e. The molecule has 1 aliphatic rings. The average Bonchev–Trinajstić information content (AvgIpc) is 3.00. The average molecular weight is 340 g/mol. The van der Waals surface area contributed by atoms with Crippen LogP contribution in [-0.4, -0.2) is 16.8 Å². The van der Waals surface area contributed by atoms with E-state index in [9.17, 15) is 4.79 Å². The maximum absolute atomic E-state index is 12.5. The first-order valence-electron chi connectivity index (χ1n) is 6.24. The van der Waals surface area contributed by atoms with E-state index < -0.39 is 0 Å². The van der Waals surface area contributed by atoms with Gasteiger partial charge in [0.25, 0.3) is 5.91 Å². The summed E-state index contributed by atoms with van der Waals surface area (Å²) in [5, 5.41) is 1.90. The van der Waals surface area contributed by atoms with Gasteiger partial charge in [0, 0.05) is 11.4 Å². The topological polar surface area (TPSA) is 33.5 Å². The van der Waals surface area contributed by atoms with E-state index >= 15 is 0 Å². The normalized spacial score (nSPS) is 14.6. The zero-order valence-electron chi connectivity index (χ0n) is 10.6. The lowest BCUT2D eigenvalue weighted by Gasteiger charge is -2.20. The Balaban J connectivity index is 1.79. The molecule has 0 saturated heterocycles. The lowest BCUT2D eigenvalue weighted by molar-refractivity contribution is 0.0717. The minimum absolute atomic E-state index is 0.0958. The zero-order chi connectivity index (χ0) is 13.4. The molecule has 2 heterocycles. The molecule has 0 atom stereocenters. The summed E-state index contributed by atoms with van der Waals surface area (Å²) in [5.74, 6) is 1.84. The number of carbonyl (C=O) groups excluding carboxylic acids is 1. The van der Waals surface area contributed by atoms with Gasteiger partial charge in [0.1, 0.15) is 11.5 Å².